The van der Waals surface area contributed by atoms with Crippen molar-refractivity contribution in [1.29, 1.82) is 0 Å². The standard InChI is InChI=1S/C25H33BrClNO3S/c1-25(2,20-6-9-24(23(26)16-20)31-18-21(29)17-27)19-4-7-22(8-5-19)30-13-3-10-28-11-14-32-15-12-28/h4-9,16,21,29H,3,10-15,17-18H2,1-2H3. The van der Waals surface area contributed by atoms with Crippen LogP contribution in [0.5, 0.6) is 11.5 Å². The quantitative estimate of drug-likeness (QED) is 0.297. The van der Waals surface area contributed by atoms with Crippen LogP contribution in [0.1, 0.15) is 31.4 Å². The SMILES string of the molecule is CC(C)(c1ccc(OCCCN2CCSCC2)cc1)c1ccc(OCC(O)CCl)c(Br)c1. The van der Waals surface area contributed by atoms with E-state index >= 15 is 0 Å². The van der Waals surface area contributed by atoms with Crippen molar-refractivity contribution in [2.45, 2.75) is 31.8 Å². The number of aliphatic hydroxyl groups excluding tert-OH is 1. The van der Waals surface area contributed by atoms with Crippen LogP contribution in [0, 0.1) is 0 Å². The Labute approximate surface area is 209 Å². The Hall–Kier alpha value is -0.920. The minimum atomic E-state index is -0.677. The van der Waals surface area contributed by atoms with E-state index in [9.17, 15) is 5.11 Å². The van der Waals surface area contributed by atoms with E-state index in [0.717, 1.165) is 29.8 Å². The summed E-state index contributed by atoms with van der Waals surface area (Å²) in [5.41, 5.74) is 2.21. The molecule has 1 unspecified atom stereocenters. The fourth-order valence-electron chi connectivity index (χ4n) is 3.67. The van der Waals surface area contributed by atoms with Crippen molar-refractivity contribution >= 4 is 39.3 Å². The molecule has 7 heteroatoms. The average Bonchev–Trinajstić information content (AvgIpc) is 2.81. The molecule has 0 amide bonds. The molecule has 0 aliphatic carbocycles. The Morgan fingerprint density at radius 1 is 1.09 bits per heavy atom. The van der Waals surface area contributed by atoms with Gasteiger partial charge in [-0.05, 0) is 57.7 Å². The number of rotatable bonds is 11. The first-order valence-electron chi connectivity index (χ1n) is 11.1. The van der Waals surface area contributed by atoms with E-state index in [1.54, 1.807) is 0 Å². The van der Waals surface area contributed by atoms with Crippen molar-refractivity contribution in [3.05, 3.63) is 58.1 Å². The fourth-order valence-corrected chi connectivity index (χ4v) is 5.24. The van der Waals surface area contributed by atoms with Gasteiger partial charge in [-0.3, -0.25) is 0 Å². The molecule has 0 aromatic heterocycles. The number of ether oxygens (including phenoxy) is 2. The molecule has 1 N–H and O–H groups in total. The molecule has 1 atom stereocenters. The van der Waals surface area contributed by atoms with Gasteiger partial charge in [0.15, 0.2) is 0 Å². The number of hydrogen-bond donors (Lipinski definition) is 1. The third-order valence-electron chi connectivity index (χ3n) is 5.83. The molecule has 0 radical (unpaired) electrons. The number of nitrogens with zero attached hydrogens (tertiary/aromatic N) is 1. The topological polar surface area (TPSA) is 41.9 Å². The van der Waals surface area contributed by atoms with Crippen molar-refractivity contribution in [3.8, 4) is 11.5 Å². The maximum Gasteiger partial charge on any atom is 0.133 e. The first-order valence-corrected chi connectivity index (χ1v) is 13.6. The molecule has 1 saturated heterocycles. The molecule has 32 heavy (non-hydrogen) atoms. The maximum atomic E-state index is 9.61. The second kappa shape index (κ2) is 12.5. The van der Waals surface area contributed by atoms with Gasteiger partial charge in [0.25, 0.3) is 0 Å². The summed E-state index contributed by atoms with van der Waals surface area (Å²) in [6.45, 7) is 8.85. The molecule has 1 aliphatic heterocycles. The van der Waals surface area contributed by atoms with Crippen LogP contribution in [0.4, 0.5) is 0 Å². The van der Waals surface area contributed by atoms with Gasteiger partial charge < -0.3 is 19.5 Å². The van der Waals surface area contributed by atoms with E-state index in [4.69, 9.17) is 21.1 Å². The first-order chi connectivity index (χ1) is 15.4. The fraction of sp³-hybridized carbons (Fsp3) is 0.520. The normalized spacial score (nSPS) is 16.0. The third kappa shape index (κ3) is 7.29. The highest BCUT2D eigenvalue weighted by Gasteiger charge is 2.24. The van der Waals surface area contributed by atoms with Gasteiger partial charge in [0.2, 0.25) is 0 Å². The van der Waals surface area contributed by atoms with E-state index in [0.29, 0.717) is 5.75 Å². The zero-order valence-electron chi connectivity index (χ0n) is 18.9. The van der Waals surface area contributed by atoms with E-state index in [-0.39, 0.29) is 17.9 Å². The lowest BCUT2D eigenvalue weighted by atomic mass is 9.78. The molecule has 0 spiro atoms. The predicted octanol–water partition coefficient (Wildman–Crippen LogP) is 5.57. The number of thioether (sulfide) groups is 1. The van der Waals surface area contributed by atoms with Gasteiger partial charge in [0.1, 0.15) is 24.2 Å². The summed E-state index contributed by atoms with van der Waals surface area (Å²) >= 11 is 11.3. The van der Waals surface area contributed by atoms with Crippen molar-refractivity contribution in [3.63, 3.8) is 0 Å². The summed E-state index contributed by atoms with van der Waals surface area (Å²) < 4.78 is 12.5. The summed E-state index contributed by atoms with van der Waals surface area (Å²) in [7, 11) is 0. The number of benzene rings is 2. The lowest BCUT2D eigenvalue weighted by Gasteiger charge is -2.27. The summed E-state index contributed by atoms with van der Waals surface area (Å²) in [5, 5.41) is 9.61. The number of hydrogen-bond acceptors (Lipinski definition) is 5. The Morgan fingerprint density at radius 2 is 1.78 bits per heavy atom. The summed E-state index contributed by atoms with van der Waals surface area (Å²) in [4.78, 5) is 2.53. The zero-order chi connectivity index (χ0) is 23.0. The summed E-state index contributed by atoms with van der Waals surface area (Å²) in [6, 6.07) is 14.5. The van der Waals surface area contributed by atoms with Crippen molar-refractivity contribution in [2.75, 3.05) is 50.2 Å². The number of aliphatic hydroxyl groups is 1. The highest BCUT2D eigenvalue weighted by Crippen LogP contribution is 2.36. The van der Waals surface area contributed by atoms with Gasteiger partial charge in [-0.1, -0.05) is 32.0 Å². The molecule has 0 saturated carbocycles. The van der Waals surface area contributed by atoms with Crippen LogP contribution >= 0.6 is 39.3 Å². The van der Waals surface area contributed by atoms with E-state index in [1.165, 1.54) is 35.7 Å². The zero-order valence-corrected chi connectivity index (χ0v) is 22.0. The van der Waals surface area contributed by atoms with Crippen molar-refractivity contribution < 1.29 is 14.6 Å². The predicted molar refractivity (Wildman–Crippen MR) is 139 cm³/mol. The lowest BCUT2D eigenvalue weighted by Crippen LogP contribution is -2.33. The highest BCUT2D eigenvalue weighted by atomic mass is 79.9. The van der Waals surface area contributed by atoms with Crippen LogP contribution in [-0.2, 0) is 5.41 Å². The first kappa shape index (κ1) is 25.7. The largest absolute Gasteiger partial charge is 0.494 e. The Bertz CT molecular complexity index is 844. The number of halogens is 2. The number of alkyl halides is 1. The van der Waals surface area contributed by atoms with Crippen LogP contribution in [-0.4, -0.2) is 66.3 Å². The molecule has 0 bridgehead atoms. The van der Waals surface area contributed by atoms with Crippen molar-refractivity contribution in [1.82, 2.24) is 4.90 Å². The van der Waals surface area contributed by atoms with Gasteiger partial charge in [0.05, 0.1) is 17.0 Å². The highest BCUT2D eigenvalue weighted by molar-refractivity contribution is 9.10. The third-order valence-corrected chi connectivity index (χ3v) is 7.75. The minimum Gasteiger partial charge on any atom is -0.494 e. The molecule has 3 rings (SSSR count). The van der Waals surface area contributed by atoms with Crippen LogP contribution in [0.3, 0.4) is 0 Å². The average molecular weight is 543 g/mol. The molecular formula is C25H33BrClNO3S. The second-order valence-corrected chi connectivity index (χ2v) is 11.0. The Kier molecular flexibility index (Phi) is 10.1. The molecule has 1 fully saturated rings. The lowest BCUT2D eigenvalue weighted by molar-refractivity contribution is 0.125. The Balaban J connectivity index is 1.55. The smallest absolute Gasteiger partial charge is 0.133 e. The molecule has 1 aliphatic rings. The van der Waals surface area contributed by atoms with Gasteiger partial charge in [-0.15, -0.1) is 11.6 Å². The van der Waals surface area contributed by atoms with Crippen LogP contribution in [0.2, 0.25) is 0 Å². The second-order valence-electron chi connectivity index (χ2n) is 8.57. The van der Waals surface area contributed by atoms with E-state index in [2.05, 4.69) is 71.1 Å². The van der Waals surface area contributed by atoms with Crippen molar-refractivity contribution in [2.24, 2.45) is 0 Å². The molecule has 2 aromatic carbocycles. The molecular weight excluding hydrogens is 510 g/mol. The molecule has 176 valence electrons. The monoisotopic (exact) mass is 541 g/mol. The van der Waals surface area contributed by atoms with Crippen LogP contribution in [0.25, 0.3) is 0 Å². The van der Waals surface area contributed by atoms with Gasteiger partial charge in [-0.25, -0.2) is 0 Å². The van der Waals surface area contributed by atoms with Gasteiger partial charge >= 0.3 is 0 Å². The molecule has 1 heterocycles. The molecule has 4 nitrogen and oxygen atoms in total. The van der Waals surface area contributed by atoms with Crippen LogP contribution < -0.4 is 9.47 Å². The minimum absolute atomic E-state index is 0.153. The summed E-state index contributed by atoms with van der Waals surface area (Å²) in [5.74, 6) is 4.27. The Morgan fingerprint density at radius 3 is 2.44 bits per heavy atom. The molecule has 2 aromatic rings. The summed E-state index contributed by atoms with van der Waals surface area (Å²) in [6.07, 6.45) is 0.381. The maximum absolute atomic E-state index is 9.61. The van der Waals surface area contributed by atoms with Gasteiger partial charge in [-0.2, -0.15) is 11.8 Å². The van der Waals surface area contributed by atoms with E-state index < -0.39 is 6.10 Å². The van der Waals surface area contributed by atoms with Gasteiger partial charge in [0, 0.05) is 36.6 Å². The van der Waals surface area contributed by atoms with E-state index in [1.807, 2.05) is 17.8 Å². The van der Waals surface area contributed by atoms with Crippen LogP contribution in [0.15, 0.2) is 46.9 Å².